The predicted octanol–water partition coefficient (Wildman–Crippen LogP) is -13.6. The van der Waals surface area contributed by atoms with Gasteiger partial charge in [-0.25, -0.2) is 0 Å². The van der Waals surface area contributed by atoms with E-state index in [1.54, 1.807) is 0 Å². The van der Waals surface area contributed by atoms with E-state index in [0.717, 1.165) is 0 Å². The number of aliphatic hydroxyl groups is 21. The Morgan fingerprint density at radius 3 is 0.695 bits per heavy atom. The molecule has 0 spiro atoms. The van der Waals surface area contributed by atoms with E-state index in [2.05, 4.69) is 0 Å². The third kappa shape index (κ3) is 13.7. The molecule has 0 unspecified atom stereocenters. The van der Waals surface area contributed by atoms with Crippen LogP contribution in [0.25, 0.3) is 0 Å². The number of fused-ring (bicyclic) bond motifs is 1. The van der Waals surface area contributed by atoms with Crippen molar-refractivity contribution in [2.24, 2.45) is 0 Å². The van der Waals surface area contributed by atoms with Crippen LogP contribution in [0.2, 0.25) is 0 Å². The van der Waals surface area contributed by atoms with Crippen LogP contribution < -0.4 is 0 Å². The summed E-state index contributed by atoms with van der Waals surface area (Å²) in [5, 5.41) is 230. The second-order valence-corrected chi connectivity index (χ2v) is 21.4. The summed E-state index contributed by atoms with van der Waals surface area (Å²) in [6, 6.07) is 0. The molecule has 0 aromatic rings. The molecular weight excluding hydrogens is 1120 g/mol. The first-order valence-electron chi connectivity index (χ1n) is 27.1. The lowest BCUT2D eigenvalue weighted by Crippen LogP contribution is -2.68. The first-order valence-corrected chi connectivity index (χ1v) is 27.1. The monoisotopic (exact) mass is 1200 g/mol. The van der Waals surface area contributed by atoms with E-state index in [0.29, 0.717) is 12.8 Å². The molecule has 0 aromatic carbocycles. The van der Waals surface area contributed by atoms with Crippen molar-refractivity contribution in [3.63, 3.8) is 0 Å². The van der Waals surface area contributed by atoms with Gasteiger partial charge >= 0.3 is 0 Å². The van der Waals surface area contributed by atoms with E-state index in [9.17, 15) is 107 Å². The fourth-order valence-corrected chi connectivity index (χ4v) is 11.4. The zero-order valence-electron chi connectivity index (χ0n) is 43.8. The highest BCUT2D eigenvalue weighted by Crippen LogP contribution is 2.38. The molecule has 14 bridgehead atoms. The van der Waals surface area contributed by atoms with Crippen LogP contribution in [0.1, 0.15) is 25.7 Å². The van der Waals surface area contributed by atoms with E-state index in [4.69, 9.17) is 66.3 Å². The summed E-state index contributed by atoms with van der Waals surface area (Å²) < 4.78 is 80.3. The first kappa shape index (κ1) is 66.6. The van der Waals surface area contributed by atoms with Crippen LogP contribution in [0.3, 0.4) is 0 Å². The maximum absolute atomic E-state index is 11.4. The molecule has 35 atom stereocenters. The van der Waals surface area contributed by atoms with Crippen molar-refractivity contribution in [3.05, 3.63) is 0 Å². The van der Waals surface area contributed by atoms with Gasteiger partial charge in [-0.3, -0.25) is 0 Å². The first-order chi connectivity index (χ1) is 39.2. The van der Waals surface area contributed by atoms with Crippen molar-refractivity contribution in [1.82, 2.24) is 0 Å². The second kappa shape index (κ2) is 29.3. The van der Waals surface area contributed by atoms with Gasteiger partial charge in [0.2, 0.25) is 0 Å². The SMILES string of the molecule is OC[C@H]1O[C@H]2CCCCCO[C@H]3[C@H](O)[C@@H](O)[C@H](O[C@H]4[C@H](O)[C@@H](O)[C@H](O[C@H]5[C@H](O)[C@@H](O)[C@H](O[C@H]6[C@H](O)[C@@H](O)[C@H](O[C@H]7[C@H](O)[C@@H](O)[C@H](O[C@H]8[C@H](O)[C@@H](O)[C@H](O[C@H]1[C@H](O)[C@H]2O)O[C@@H]8CO)O[C@@H]7CO)O[C@@H]6CO)O[C@@H]5CO)O[C@@H]4CO)O[C@@H]3CO. The zero-order chi connectivity index (χ0) is 59.6. The van der Waals surface area contributed by atoms with Crippen LogP contribution in [0.5, 0.6) is 0 Å². The van der Waals surface area contributed by atoms with Crippen LogP contribution in [-0.4, -0.2) is 375 Å². The largest absolute Gasteiger partial charge is 0.394 e. The number of rotatable bonds is 7. The molecular formula is C47H80O35. The Morgan fingerprint density at radius 2 is 0.439 bits per heavy atom. The van der Waals surface area contributed by atoms with Crippen molar-refractivity contribution in [2.45, 2.75) is 240 Å². The van der Waals surface area contributed by atoms with Crippen molar-refractivity contribution >= 4 is 0 Å². The summed E-state index contributed by atoms with van der Waals surface area (Å²) in [6.07, 6.45) is -64.0. The standard InChI is InChI=1S/C47H80O35/c48-6-14-35-23(57)29(63)42(71-14)78-37-16(8-50)73-44(31(65)25(37)59)80-39-18(10-52)75-46(33(67)27(39)61)82-41-20(12-54)76-47(34(68)28(41)62)81-40-19(11-53)74-45(32(66)26(40)60)79-38-17(9-51)72-43(30(64)24(38)58)77-36-15(7-49)70-13(21(55)22(36)56)4-2-1-3-5-69-35/h13-68H,1-12H2/t13-,14+,15+,16+,17+,18+,19+,20+,21-,22+,23+,24+,25+,26+,27+,28+,29+,30+,31+,32+,33+,34+,35+,36+,37+,38+,39+,40+,41+,42-,43-,44-,45-,46-,47-/m0/s1. The molecule has 24 aliphatic rings. The van der Waals surface area contributed by atoms with Crippen molar-refractivity contribution in [1.29, 1.82) is 0 Å². The summed E-state index contributed by atoms with van der Waals surface area (Å²) in [4.78, 5) is 0. The average molecular weight is 1210 g/mol. The van der Waals surface area contributed by atoms with Gasteiger partial charge in [0.1, 0.15) is 171 Å². The fraction of sp³-hybridized carbons (Fsp3) is 1.00. The smallest absolute Gasteiger partial charge is 0.187 e. The predicted molar refractivity (Wildman–Crippen MR) is 252 cm³/mol. The van der Waals surface area contributed by atoms with Gasteiger partial charge in [0.15, 0.2) is 37.7 Å². The van der Waals surface area contributed by atoms with Crippen molar-refractivity contribution in [2.75, 3.05) is 52.9 Å². The normalized spacial score (nSPS) is 53.5. The van der Waals surface area contributed by atoms with E-state index in [1.165, 1.54) is 0 Å². The van der Waals surface area contributed by atoms with Crippen LogP contribution in [0.15, 0.2) is 0 Å². The Labute approximate surface area is 466 Å². The molecule has 0 aromatic heterocycles. The minimum atomic E-state index is -2.21. The van der Waals surface area contributed by atoms with Crippen LogP contribution in [0, 0.1) is 0 Å². The molecule has 0 aliphatic carbocycles. The quantitative estimate of drug-likeness (QED) is 0.113. The molecule has 24 fully saturated rings. The minimum absolute atomic E-state index is 0.0879. The lowest BCUT2D eigenvalue weighted by Gasteiger charge is -2.50. The minimum Gasteiger partial charge on any atom is -0.394 e. The summed E-state index contributed by atoms with van der Waals surface area (Å²) in [7, 11) is 0. The highest BCUT2D eigenvalue weighted by Gasteiger charge is 2.58. The van der Waals surface area contributed by atoms with Crippen LogP contribution in [-0.2, 0) is 66.3 Å². The number of hydrogen-bond acceptors (Lipinski definition) is 35. The molecule has 24 saturated heterocycles. The summed E-state index contributed by atoms with van der Waals surface area (Å²) in [5.41, 5.74) is 0. The number of ether oxygens (including phenoxy) is 14. The van der Waals surface area contributed by atoms with Crippen LogP contribution >= 0.6 is 0 Å². The molecule has 82 heavy (non-hydrogen) atoms. The summed E-state index contributed by atoms with van der Waals surface area (Å²) >= 11 is 0. The molecule has 0 saturated carbocycles. The van der Waals surface area contributed by atoms with Gasteiger partial charge in [-0.1, -0.05) is 12.8 Å². The topological polar surface area (TPSA) is 554 Å². The van der Waals surface area contributed by atoms with Gasteiger partial charge in [-0.05, 0) is 12.8 Å². The van der Waals surface area contributed by atoms with Gasteiger partial charge in [-0.15, -0.1) is 0 Å². The molecule has 24 aliphatic heterocycles. The molecule has 24 rings (SSSR count). The van der Waals surface area contributed by atoms with Gasteiger partial charge in [-0.2, -0.15) is 0 Å². The fourth-order valence-electron chi connectivity index (χ4n) is 11.4. The van der Waals surface area contributed by atoms with Gasteiger partial charge in [0.05, 0.1) is 52.4 Å². The lowest BCUT2D eigenvalue weighted by atomic mass is 9.91. The molecule has 35 nitrogen and oxygen atoms in total. The third-order valence-electron chi connectivity index (χ3n) is 16.1. The highest BCUT2D eigenvalue weighted by atomic mass is 16.8. The Balaban J connectivity index is 1.01. The maximum Gasteiger partial charge on any atom is 0.187 e. The molecule has 0 amide bonds. The number of hydrogen-bond donors (Lipinski definition) is 21. The maximum atomic E-state index is 11.4. The van der Waals surface area contributed by atoms with E-state index < -0.39 is 261 Å². The molecule has 0 radical (unpaired) electrons. The third-order valence-corrected chi connectivity index (χ3v) is 16.1. The Morgan fingerprint density at radius 1 is 0.220 bits per heavy atom. The number of aliphatic hydroxyl groups excluding tert-OH is 21. The molecule has 35 heteroatoms. The second-order valence-electron chi connectivity index (χ2n) is 21.4. The Hall–Kier alpha value is -1.40. The summed E-state index contributed by atoms with van der Waals surface area (Å²) in [5.74, 6) is 0. The van der Waals surface area contributed by atoms with Crippen LogP contribution in [0.4, 0.5) is 0 Å². The molecule has 478 valence electrons. The van der Waals surface area contributed by atoms with Crippen molar-refractivity contribution < 1.29 is 174 Å². The van der Waals surface area contributed by atoms with E-state index in [1.807, 2.05) is 0 Å². The zero-order valence-corrected chi connectivity index (χ0v) is 43.8. The van der Waals surface area contributed by atoms with Gasteiger partial charge in [0.25, 0.3) is 0 Å². The highest BCUT2D eigenvalue weighted by molar-refractivity contribution is 5.01. The molecule has 24 heterocycles. The Kier molecular flexibility index (Phi) is 23.8. The van der Waals surface area contributed by atoms with E-state index in [-0.39, 0.29) is 19.4 Å². The van der Waals surface area contributed by atoms with E-state index >= 15 is 0 Å². The van der Waals surface area contributed by atoms with Gasteiger partial charge in [0, 0.05) is 6.61 Å². The van der Waals surface area contributed by atoms with Crippen molar-refractivity contribution in [3.8, 4) is 0 Å². The lowest BCUT2D eigenvalue weighted by molar-refractivity contribution is -0.397. The Bertz CT molecular complexity index is 1910. The average Bonchev–Trinajstić information content (AvgIpc) is 3.67. The summed E-state index contributed by atoms with van der Waals surface area (Å²) in [6.45, 7) is -6.77. The molecule has 21 N–H and O–H groups in total. The van der Waals surface area contributed by atoms with Gasteiger partial charge < -0.3 is 174 Å².